The van der Waals surface area contributed by atoms with Gasteiger partial charge in [-0.2, -0.15) is 0 Å². The first-order valence-electron chi connectivity index (χ1n) is 7.12. The Morgan fingerprint density at radius 3 is 2.19 bits per heavy atom. The number of hydrogen-bond acceptors (Lipinski definition) is 4. The quantitative estimate of drug-likeness (QED) is 0.722. The number of urea groups is 1. The van der Waals surface area contributed by atoms with Crippen molar-refractivity contribution < 1.29 is 14.3 Å². The number of amides is 2. The van der Waals surface area contributed by atoms with E-state index in [1.165, 1.54) is 0 Å². The number of benzene rings is 1. The maximum atomic E-state index is 11.8. The zero-order valence-electron chi connectivity index (χ0n) is 13.2. The fourth-order valence-corrected chi connectivity index (χ4v) is 1.73. The van der Waals surface area contributed by atoms with Crippen molar-refractivity contribution in [1.82, 2.24) is 5.32 Å². The molecule has 0 heterocycles. The SMILES string of the molecule is CCOC(CNC(=O)Nc1ccc(N(C)C)cc1)OCC. The van der Waals surface area contributed by atoms with Crippen LogP contribution < -0.4 is 15.5 Å². The summed E-state index contributed by atoms with van der Waals surface area (Å²) in [5.74, 6) is 0. The molecule has 118 valence electrons. The summed E-state index contributed by atoms with van der Waals surface area (Å²) in [5, 5.41) is 5.50. The van der Waals surface area contributed by atoms with Crippen LogP contribution >= 0.6 is 0 Å². The van der Waals surface area contributed by atoms with Crippen LogP contribution in [0.2, 0.25) is 0 Å². The second-order valence-electron chi connectivity index (χ2n) is 4.62. The minimum atomic E-state index is -0.415. The Morgan fingerprint density at radius 1 is 1.14 bits per heavy atom. The van der Waals surface area contributed by atoms with Gasteiger partial charge in [0.25, 0.3) is 0 Å². The molecule has 0 aliphatic heterocycles. The van der Waals surface area contributed by atoms with E-state index in [-0.39, 0.29) is 6.03 Å². The number of carbonyl (C=O) groups excluding carboxylic acids is 1. The topological polar surface area (TPSA) is 62.8 Å². The molecule has 0 aliphatic carbocycles. The van der Waals surface area contributed by atoms with Gasteiger partial charge in [0.15, 0.2) is 6.29 Å². The maximum absolute atomic E-state index is 11.8. The highest BCUT2D eigenvalue weighted by molar-refractivity contribution is 5.89. The van der Waals surface area contributed by atoms with Crippen molar-refractivity contribution in [1.29, 1.82) is 0 Å². The highest BCUT2D eigenvalue weighted by Gasteiger charge is 2.10. The molecule has 0 aromatic heterocycles. The molecule has 0 aliphatic rings. The summed E-state index contributed by atoms with van der Waals surface area (Å²) in [6, 6.07) is 7.32. The fourth-order valence-electron chi connectivity index (χ4n) is 1.73. The van der Waals surface area contributed by atoms with Crippen LogP contribution in [0.5, 0.6) is 0 Å². The third-order valence-electron chi connectivity index (χ3n) is 2.78. The molecule has 2 amide bonds. The lowest BCUT2D eigenvalue weighted by molar-refractivity contribution is -0.131. The minimum absolute atomic E-state index is 0.281. The van der Waals surface area contributed by atoms with Crippen molar-refractivity contribution in [3.8, 4) is 0 Å². The number of anilines is 2. The third-order valence-corrected chi connectivity index (χ3v) is 2.78. The summed E-state index contributed by atoms with van der Waals surface area (Å²) in [4.78, 5) is 13.8. The minimum Gasteiger partial charge on any atom is -0.378 e. The first-order chi connectivity index (χ1) is 10.1. The van der Waals surface area contributed by atoms with Crippen LogP contribution in [-0.4, -0.2) is 46.2 Å². The number of rotatable bonds is 8. The Balaban J connectivity index is 2.42. The number of carbonyl (C=O) groups is 1. The molecule has 6 nitrogen and oxygen atoms in total. The van der Waals surface area contributed by atoms with Crippen LogP contribution in [0.4, 0.5) is 16.2 Å². The van der Waals surface area contributed by atoms with Gasteiger partial charge >= 0.3 is 6.03 Å². The van der Waals surface area contributed by atoms with Gasteiger partial charge in [-0.15, -0.1) is 0 Å². The second-order valence-corrected chi connectivity index (χ2v) is 4.62. The molecule has 0 fully saturated rings. The lowest BCUT2D eigenvalue weighted by atomic mass is 10.2. The average Bonchev–Trinajstić information content (AvgIpc) is 2.46. The van der Waals surface area contributed by atoms with E-state index < -0.39 is 6.29 Å². The molecule has 0 unspecified atom stereocenters. The molecule has 1 aromatic carbocycles. The first kappa shape index (κ1) is 17.3. The Bertz CT molecular complexity index is 415. The van der Waals surface area contributed by atoms with Crippen molar-refractivity contribution in [2.75, 3.05) is 44.1 Å². The summed E-state index contributed by atoms with van der Waals surface area (Å²) in [6.45, 7) is 5.17. The molecule has 1 aromatic rings. The molecule has 0 atom stereocenters. The Kier molecular flexibility index (Phi) is 7.56. The van der Waals surface area contributed by atoms with Crippen LogP contribution in [-0.2, 0) is 9.47 Å². The number of nitrogens with zero attached hydrogens (tertiary/aromatic N) is 1. The molecule has 21 heavy (non-hydrogen) atoms. The molecule has 0 saturated carbocycles. The normalized spacial score (nSPS) is 10.5. The number of ether oxygens (including phenoxy) is 2. The summed E-state index contributed by atoms with van der Waals surface area (Å²) in [7, 11) is 3.94. The smallest absolute Gasteiger partial charge is 0.319 e. The zero-order chi connectivity index (χ0) is 15.7. The first-order valence-corrected chi connectivity index (χ1v) is 7.12. The second kappa shape index (κ2) is 9.20. The van der Waals surface area contributed by atoms with Gasteiger partial charge in [-0.1, -0.05) is 0 Å². The molecule has 6 heteroatoms. The average molecular weight is 295 g/mol. The van der Waals surface area contributed by atoms with Crippen LogP contribution in [0.3, 0.4) is 0 Å². The van der Waals surface area contributed by atoms with Gasteiger partial charge in [0.1, 0.15) is 0 Å². The van der Waals surface area contributed by atoms with Gasteiger partial charge in [-0.05, 0) is 38.1 Å². The Hall–Kier alpha value is -1.79. The third kappa shape index (κ3) is 6.46. The van der Waals surface area contributed by atoms with Crippen LogP contribution in [0.1, 0.15) is 13.8 Å². The van der Waals surface area contributed by atoms with Gasteiger partial charge in [-0.25, -0.2) is 4.79 Å². The van der Waals surface area contributed by atoms with E-state index in [0.29, 0.717) is 19.8 Å². The van der Waals surface area contributed by atoms with E-state index in [1.807, 2.05) is 57.1 Å². The van der Waals surface area contributed by atoms with Crippen molar-refractivity contribution in [2.24, 2.45) is 0 Å². The molecule has 0 spiro atoms. The lowest BCUT2D eigenvalue weighted by Crippen LogP contribution is -2.37. The summed E-state index contributed by atoms with van der Waals surface area (Å²) in [6.07, 6.45) is -0.415. The number of nitrogens with one attached hydrogen (secondary N) is 2. The van der Waals surface area contributed by atoms with Crippen molar-refractivity contribution in [3.05, 3.63) is 24.3 Å². The van der Waals surface area contributed by atoms with Crippen molar-refractivity contribution >= 4 is 17.4 Å². The van der Waals surface area contributed by atoms with Gasteiger partial charge in [0.2, 0.25) is 0 Å². The summed E-state index contributed by atoms with van der Waals surface area (Å²) in [5.41, 5.74) is 1.82. The van der Waals surface area contributed by atoms with Gasteiger partial charge in [-0.3, -0.25) is 0 Å². The highest BCUT2D eigenvalue weighted by Crippen LogP contribution is 2.15. The van der Waals surface area contributed by atoms with E-state index in [0.717, 1.165) is 11.4 Å². The van der Waals surface area contributed by atoms with Crippen molar-refractivity contribution in [3.63, 3.8) is 0 Å². The predicted octanol–water partition coefficient (Wildman–Crippen LogP) is 2.27. The molecular formula is C15H25N3O3. The van der Waals surface area contributed by atoms with Gasteiger partial charge in [0, 0.05) is 38.7 Å². The molecule has 1 rings (SSSR count). The fraction of sp³-hybridized carbons (Fsp3) is 0.533. The van der Waals surface area contributed by atoms with Gasteiger partial charge < -0.3 is 25.0 Å². The van der Waals surface area contributed by atoms with Crippen LogP contribution in [0, 0.1) is 0 Å². The Morgan fingerprint density at radius 2 is 1.71 bits per heavy atom. The summed E-state index contributed by atoms with van der Waals surface area (Å²) < 4.78 is 10.7. The molecule has 0 radical (unpaired) electrons. The van der Waals surface area contributed by atoms with Crippen LogP contribution in [0.15, 0.2) is 24.3 Å². The van der Waals surface area contributed by atoms with Crippen LogP contribution in [0.25, 0.3) is 0 Å². The maximum Gasteiger partial charge on any atom is 0.319 e. The van der Waals surface area contributed by atoms with E-state index >= 15 is 0 Å². The zero-order valence-corrected chi connectivity index (χ0v) is 13.2. The number of hydrogen-bond donors (Lipinski definition) is 2. The van der Waals surface area contributed by atoms with Gasteiger partial charge in [0.05, 0.1) is 6.54 Å². The van der Waals surface area contributed by atoms with E-state index in [1.54, 1.807) is 0 Å². The predicted molar refractivity (Wildman–Crippen MR) is 84.8 cm³/mol. The standard InChI is InChI=1S/C15H25N3O3/c1-5-20-14(21-6-2)11-16-15(19)17-12-7-9-13(10-8-12)18(3)4/h7-10,14H,5-6,11H2,1-4H3,(H2,16,17,19). The van der Waals surface area contributed by atoms with E-state index in [4.69, 9.17) is 9.47 Å². The van der Waals surface area contributed by atoms with E-state index in [9.17, 15) is 4.79 Å². The van der Waals surface area contributed by atoms with Crippen molar-refractivity contribution in [2.45, 2.75) is 20.1 Å². The van der Waals surface area contributed by atoms with E-state index in [2.05, 4.69) is 10.6 Å². The molecule has 0 saturated heterocycles. The largest absolute Gasteiger partial charge is 0.378 e. The monoisotopic (exact) mass is 295 g/mol. The molecule has 2 N–H and O–H groups in total. The summed E-state index contributed by atoms with van der Waals surface area (Å²) >= 11 is 0. The highest BCUT2D eigenvalue weighted by atomic mass is 16.7. The Labute approximate surface area is 126 Å². The molecular weight excluding hydrogens is 270 g/mol. The molecule has 0 bridgehead atoms. The lowest BCUT2D eigenvalue weighted by Gasteiger charge is -2.18.